The highest BCUT2D eigenvalue weighted by atomic mass is 16.3. The van der Waals surface area contributed by atoms with Crippen molar-refractivity contribution in [3.05, 3.63) is 198 Å². The van der Waals surface area contributed by atoms with Crippen LogP contribution in [0.1, 0.15) is 49.9 Å². The average molecular weight is 744 g/mol. The molecule has 10 aromatic rings. The molecule has 0 fully saturated rings. The Bertz CT molecular complexity index is 3350. The van der Waals surface area contributed by atoms with Gasteiger partial charge in [-0.05, 0) is 114 Å². The lowest BCUT2D eigenvalue weighted by atomic mass is 9.78. The first-order valence-electron chi connectivity index (χ1n) is 20.4. The predicted molar refractivity (Wildman–Crippen MR) is 244 cm³/mol. The van der Waals surface area contributed by atoms with Crippen LogP contribution < -0.4 is 4.90 Å². The zero-order valence-corrected chi connectivity index (χ0v) is 33.1. The molecule has 1 aromatic heterocycles. The van der Waals surface area contributed by atoms with Crippen molar-refractivity contribution in [2.75, 3.05) is 4.90 Å². The lowest BCUT2D eigenvalue weighted by Gasteiger charge is -2.30. The van der Waals surface area contributed by atoms with Crippen LogP contribution in [0.3, 0.4) is 0 Å². The summed E-state index contributed by atoms with van der Waals surface area (Å²) in [5.41, 5.74) is 18.0. The molecule has 276 valence electrons. The summed E-state index contributed by atoms with van der Waals surface area (Å²) < 4.78 is 6.80. The molecule has 2 heteroatoms. The third-order valence-corrected chi connectivity index (χ3v) is 13.4. The third kappa shape index (κ3) is 4.49. The smallest absolute Gasteiger partial charge is 0.159 e. The molecule has 0 aliphatic heterocycles. The number of rotatable bonds is 4. The van der Waals surface area contributed by atoms with Crippen molar-refractivity contribution < 1.29 is 4.42 Å². The first-order chi connectivity index (χ1) is 28.3. The topological polar surface area (TPSA) is 16.4 Å². The van der Waals surface area contributed by atoms with Crippen LogP contribution in [0.5, 0.6) is 0 Å². The number of furan rings is 1. The van der Waals surface area contributed by atoms with E-state index >= 15 is 0 Å². The van der Waals surface area contributed by atoms with Gasteiger partial charge in [-0.25, -0.2) is 0 Å². The molecule has 0 atom stereocenters. The minimum atomic E-state index is -0.259. The normalized spacial score (nSPS) is 14.5. The average Bonchev–Trinajstić information content (AvgIpc) is 3.83. The zero-order chi connectivity index (χ0) is 38.9. The largest absolute Gasteiger partial charge is 0.454 e. The molecule has 0 amide bonds. The fourth-order valence-electron chi connectivity index (χ4n) is 10.6. The van der Waals surface area contributed by atoms with E-state index in [0.29, 0.717) is 0 Å². The molecule has 0 spiro atoms. The summed E-state index contributed by atoms with van der Waals surface area (Å²) >= 11 is 0. The van der Waals surface area contributed by atoms with E-state index < -0.39 is 0 Å². The molecule has 2 nitrogen and oxygen atoms in total. The summed E-state index contributed by atoms with van der Waals surface area (Å²) in [5, 5.41) is 7.36. The van der Waals surface area contributed by atoms with Gasteiger partial charge >= 0.3 is 0 Å². The zero-order valence-electron chi connectivity index (χ0n) is 33.1. The van der Waals surface area contributed by atoms with Crippen molar-refractivity contribution in [3.8, 4) is 33.4 Å². The van der Waals surface area contributed by atoms with Crippen molar-refractivity contribution in [2.45, 2.75) is 38.5 Å². The van der Waals surface area contributed by atoms with Crippen LogP contribution in [0.4, 0.5) is 17.1 Å². The Kier molecular flexibility index (Phi) is 6.78. The molecular weight excluding hydrogens is 703 g/mol. The molecule has 0 N–H and O–H groups in total. The summed E-state index contributed by atoms with van der Waals surface area (Å²) in [6, 6.07) is 64.8. The van der Waals surface area contributed by atoms with E-state index in [9.17, 15) is 0 Å². The molecule has 1 heterocycles. The summed E-state index contributed by atoms with van der Waals surface area (Å²) in [6.07, 6.45) is 0. The van der Waals surface area contributed by atoms with Crippen LogP contribution in [0.2, 0.25) is 0 Å². The molecule has 0 saturated heterocycles. The van der Waals surface area contributed by atoms with Gasteiger partial charge in [-0.1, -0.05) is 161 Å². The molecule has 9 aromatic carbocycles. The minimum Gasteiger partial charge on any atom is -0.454 e. The van der Waals surface area contributed by atoms with Gasteiger partial charge < -0.3 is 9.32 Å². The second-order valence-electron chi connectivity index (χ2n) is 17.3. The fourth-order valence-corrected chi connectivity index (χ4v) is 10.6. The van der Waals surface area contributed by atoms with Gasteiger partial charge in [0.2, 0.25) is 0 Å². The van der Waals surface area contributed by atoms with E-state index in [0.717, 1.165) is 39.0 Å². The molecule has 2 aliphatic carbocycles. The summed E-state index contributed by atoms with van der Waals surface area (Å²) in [6.45, 7) is 9.67. The minimum absolute atomic E-state index is 0.144. The van der Waals surface area contributed by atoms with Gasteiger partial charge in [-0.2, -0.15) is 0 Å². The second kappa shape index (κ2) is 11.8. The molecule has 0 saturated carbocycles. The summed E-state index contributed by atoms with van der Waals surface area (Å²) in [7, 11) is 0. The highest BCUT2D eigenvalue weighted by Crippen LogP contribution is 2.60. The molecule has 2 aliphatic rings. The van der Waals surface area contributed by atoms with E-state index in [4.69, 9.17) is 4.42 Å². The highest BCUT2D eigenvalue weighted by molar-refractivity contribution is 6.14. The van der Waals surface area contributed by atoms with Crippen LogP contribution in [-0.2, 0) is 10.8 Å². The highest BCUT2D eigenvalue weighted by Gasteiger charge is 2.43. The van der Waals surface area contributed by atoms with E-state index in [1.165, 1.54) is 77.2 Å². The molecule has 0 bridgehead atoms. The first-order valence-corrected chi connectivity index (χ1v) is 20.4. The standard InChI is InChI=1S/C56H41NO/c1-55(2)47-31-44-42-29-28-35-18-8-9-21-38(35)53(42)56(3,4)46(44)32-45(47)52-41-24-11-10-22-39(41)50(33-48(52)55)57(37-20-14-19-36(30-37)34-16-6-5-7-17-34)49-26-15-25-43-40-23-12-13-27-51(40)58-54(43)49/h5-33H,1-4H3. The van der Waals surface area contributed by atoms with E-state index in [-0.39, 0.29) is 10.8 Å². The van der Waals surface area contributed by atoms with Gasteiger partial charge in [-0.3, -0.25) is 0 Å². The summed E-state index contributed by atoms with van der Waals surface area (Å²) in [5.74, 6) is 0. The number of anilines is 3. The fraction of sp³-hybridized carbons (Fsp3) is 0.107. The van der Waals surface area contributed by atoms with Crippen molar-refractivity contribution in [2.24, 2.45) is 0 Å². The molecule has 58 heavy (non-hydrogen) atoms. The maximum Gasteiger partial charge on any atom is 0.159 e. The quantitative estimate of drug-likeness (QED) is 0.178. The van der Waals surface area contributed by atoms with Crippen LogP contribution in [0.15, 0.2) is 180 Å². The van der Waals surface area contributed by atoms with Gasteiger partial charge in [0, 0.05) is 32.7 Å². The van der Waals surface area contributed by atoms with Crippen LogP contribution in [-0.4, -0.2) is 0 Å². The van der Waals surface area contributed by atoms with Gasteiger partial charge in [0.25, 0.3) is 0 Å². The summed E-state index contributed by atoms with van der Waals surface area (Å²) in [4.78, 5) is 2.45. The van der Waals surface area contributed by atoms with E-state index in [1.807, 2.05) is 0 Å². The molecule has 0 radical (unpaired) electrons. The molecular formula is C56H41NO. The maximum atomic E-state index is 6.80. The number of fused-ring (bicyclic) bond motifs is 13. The van der Waals surface area contributed by atoms with Gasteiger partial charge in [0.1, 0.15) is 5.58 Å². The Morgan fingerprint density at radius 1 is 0.414 bits per heavy atom. The van der Waals surface area contributed by atoms with Gasteiger partial charge in [0.15, 0.2) is 5.58 Å². The van der Waals surface area contributed by atoms with Gasteiger partial charge in [0.05, 0.1) is 11.4 Å². The van der Waals surface area contributed by atoms with Crippen molar-refractivity contribution in [3.63, 3.8) is 0 Å². The number of hydrogen-bond donors (Lipinski definition) is 0. The van der Waals surface area contributed by atoms with E-state index in [2.05, 4.69) is 209 Å². The number of para-hydroxylation sites is 2. The first kappa shape index (κ1) is 33.3. The number of nitrogens with zero attached hydrogens (tertiary/aromatic N) is 1. The lowest BCUT2D eigenvalue weighted by molar-refractivity contribution is 0.654. The Morgan fingerprint density at radius 3 is 1.91 bits per heavy atom. The van der Waals surface area contributed by atoms with E-state index in [1.54, 1.807) is 0 Å². The number of benzene rings is 9. The second-order valence-corrected chi connectivity index (χ2v) is 17.3. The van der Waals surface area contributed by atoms with Gasteiger partial charge in [-0.15, -0.1) is 0 Å². The van der Waals surface area contributed by atoms with Crippen molar-refractivity contribution in [1.29, 1.82) is 0 Å². The Balaban J connectivity index is 1.13. The number of hydrogen-bond acceptors (Lipinski definition) is 2. The Morgan fingerprint density at radius 2 is 1.07 bits per heavy atom. The SMILES string of the molecule is CC1(C)c2cc3c(cc2-c2c1cc(N(c1cccc(-c4ccccc4)c1)c1cccc4c1oc1ccccc14)c1ccccc21)C(C)(C)c1c-3ccc2ccccc12. The van der Waals surface area contributed by atoms with Crippen molar-refractivity contribution in [1.82, 2.24) is 0 Å². The third-order valence-electron chi connectivity index (χ3n) is 13.4. The van der Waals surface area contributed by atoms with Crippen LogP contribution >= 0.6 is 0 Å². The van der Waals surface area contributed by atoms with Crippen LogP contribution in [0, 0.1) is 0 Å². The lowest BCUT2D eigenvalue weighted by Crippen LogP contribution is -2.18. The van der Waals surface area contributed by atoms with Crippen LogP contribution in [0.25, 0.3) is 76.9 Å². The molecule has 0 unspecified atom stereocenters. The predicted octanol–water partition coefficient (Wildman–Crippen LogP) is 15.6. The Labute approximate surface area is 338 Å². The van der Waals surface area contributed by atoms with Crippen molar-refractivity contribution >= 4 is 60.5 Å². The maximum absolute atomic E-state index is 6.80. The Hall–Kier alpha value is -6.90. The monoisotopic (exact) mass is 743 g/mol. The molecule has 12 rings (SSSR count).